The molecule has 0 radical (unpaired) electrons. The fourth-order valence-electron chi connectivity index (χ4n) is 10.4. The summed E-state index contributed by atoms with van der Waals surface area (Å²) in [5.41, 5.74) is 19.5. The number of benzene rings is 12. The third-order valence-electron chi connectivity index (χ3n) is 14.0. The van der Waals surface area contributed by atoms with E-state index in [0.29, 0.717) is 0 Å². The Morgan fingerprint density at radius 1 is 0.233 bits per heavy atom. The van der Waals surface area contributed by atoms with Crippen molar-refractivity contribution in [3.8, 4) is 55.6 Å². The highest BCUT2D eigenvalue weighted by molar-refractivity contribution is 6.11. The molecule has 13 aromatic rings. The van der Waals surface area contributed by atoms with Gasteiger partial charge in [0.2, 0.25) is 0 Å². The van der Waals surface area contributed by atoms with E-state index in [0.717, 1.165) is 89.4 Å². The van der Waals surface area contributed by atoms with Gasteiger partial charge in [0.1, 0.15) is 5.58 Å². The van der Waals surface area contributed by atoms with Crippen molar-refractivity contribution in [3.05, 3.63) is 291 Å². The lowest BCUT2D eigenvalue weighted by Gasteiger charge is -2.28. The van der Waals surface area contributed by atoms with E-state index in [1.54, 1.807) is 0 Å². The molecule has 0 aliphatic rings. The van der Waals surface area contributed by atoms with Crippen LogP contribution in [0.5, 0.6) is 0 Å². The van der Waals surface area contributed by atoms with E-state index in [-0.39, 0.29) is 0 Å². The number of furan rings is 1. The first-order valence-corrected chi connectivity index (χ1v) is 24.9. The van der Waals surface area contributed by atoms with Crippen LogP contribution in [-0.4, -0.2) is 0 Å². The SMILES string of the molecule is c1ccc(-c2ccc(-c3ccc(N(c4cccc(-c5cccc(N(c6ccccc6-c6ccccc6)c6cccc7c6oc6ccccc67)c5)c4)c4cccc(-c5ccc6ccccc6c5)c4)cc3)cc2)cc1. The van der Waals surface area contributed by atoms with Crippen LogP contribution in [0.1, 0.15) is 0 Å². The number of rotatable bonds is 11. The molecule has 344 valence electrons. The first kappa shape index (κ1) is 43.3. The Bertz CT molecular complexity index is 4080. The van der Waals surface area contributed by atoms with Gasteiger partial charge in [0.05, 0.1) is 11.4 Å². The van der Waals surface area contributed by atoms with Gasteiger partial charge in [-0.15, -0.1) is 0 Å². The van der Waals surface area contributed by atoms with E-state index < -0.39 is 0 Å². The van der Waals surface area contributed by atoms with Crippen molar-refractivity contribution < 1.29 is 4.42 Å². The van der Waals surface area contributed by atoms with Gasteiger partial charge in [-0.3, -0.25) is 0 Å². The Balaban J connectivity index is 0.924. The first-order chi connectivity index (χ1) is 36.2. The van der Waals surface area contributed by atoms with Gasteiger partial charge in [0, 0.05) is 39.1 Å². The minimum Gasteiger partial charge on any atom is -0.454 e. The van der Waals surface area contributed by atoms with Crippen LogP contribution in [0.4, 0.5) is 34.1 Å². The summed E-state index contributed by atoms with van der Waals surface area (Å²) >= 11 is 0. The van der Waals surface area contributed by atoms with Crippen molar-refractivity contribution in [1.82, 2.24) is 0 Å². The Morgan fingerprint density at radius 2 is 0.671 bits per heavy atom. The average Bonchev–Trinajstić information content (AvgIpc) is 3.86. The zero-order valence-corrected chi connectivity index (χ0v) is 40.0. The Labute approximate surface area is 425 Å². The standard InChI is InChI=1S/C70H48N2O/c1-3-17-49(18-4-1)51-35-37-52(38-36-51)53-41-43-60(44-42-53)71(62-27-14-25-58(47-62)59-40-39-50-19-7-8-22-55(50)45-59)61-26-13-23-56(46-61)57-24-15-28-63(48-57)72(67-32-11-9-29-64(67)54-20-5-2-6-21-54)68-33-16-31-66-65-30-10-12-34-69(65)73-70(66)68/h1-48H. The van der Waals surface area contributed by atoms with Gasteiger partial charge in [-0.2, -0.15) is 0 Å². The number of hydrogen-bond donors (Lipinski definition) is 0. The van der Waals surface area contributed by atoms with Crippen molar-refractivity contribution in [1.29, 1.82) is 0 Å². The van der Waals surface area contributed by atoms with Gasteiger partial charge in [-0.25, -0.2) is 0 Å². The summed E-state index contributed by atoms with van der Waals surface area (Å²) in [6.45, 7) is 0. The minimum atomic E-state index is 0.843. The maximum atomic E-state index is 6.76. The molecule has 0 aliphatic carbocycles. The summed E-state index contributed by atoms with van der Waals surface area (Å²) in [6.07, 6.45) is 0. The molecule has 0 aliphatic heterocycles. The van der Waals surface area contributed by atoms with Crippen molar-refractivity contribution in [2.24, 2.45) is 0 Å². The van der Waals surface area contributed by atoms with Crippen molar-refractivity contribution >= 4 is 66.8 Å². The highest BCUT2D eigenvalue weighted by atomic mass is 16.3. The van der Waals surface area contributed by atoms with Gasteiger partial charge < -0.3 is 14.2 Å². The average molecular weight is 933 g/mol. The lowest BCUT2D eigenvalue weighted by Crippen LogP contribution is -2.12. The molecule has 1 aromatic heterocycles. The van der Waals surface area contributed by atoms with Crippen LogP contribution in [0.3, 0.4) is 0 Å². The largest absolute Gasteiger partial charge is 0.454 e. The molecule has 3 heteroatoms. The molecular weight excluding hydrogens is 885 g/mol. The van der Waals surface area contributed by atoms with E-state index in [1.165, 1.54) is 33.0 Å². The predicted molar refractivity (Wildman–Crippen MR) is 308 cm³/mol. The van der Waals surface area contributed by atoms with Crippen LogP contribution in [0.15, 0.2) is 296 Å². The van der Waals surface area contributed by atoms with Gasteiger partial charge >= 0.3 is 0 Å². The zero-order valence-electron chi connectivity index (χ0n) is 40.0. The molecule has 0 atom stereocenters. The number of anilines is 6. The molecule has 3 nitrogen and oxygen atoms in total. The summed E-state index contributed by atoms with van der Waals surface area (Å²) in [4.78, 5) is 4.74. The van der Waals surface area contributed by atoms with Crippen molar-refractivity contribution in [3.63, 3.8) is 0 Å². The van der Waals surface area contributed by atoms with E-state index in [9.17, 15) is 0 Å². The van der Waals surface area contributed by atoms with Crippen molar-refractivity contribution in [2.75, 3.05) is 9.80 Å². The Morgan fingerprint density at radius 3 is 1.33 bits per heavy atom. The monoisotopic (exact) mass is 932 g/mol. The van der Waals surface area contributed by atoms with Crippen LogP contribution in [0, 0.1) is 0 Å². The molecule has 0 spiro atoms. The quantitative estimate of drug-likeness (QED) is 0.129. The second kappa shape index (κ2) is 18.9. The van der Waals surface area contributed by atoms with Crippen LogP contribution in [0.2, 0.25) is 0 Å². The van der Waals surface area contributed by atoms with Crippen LogP contribution < -0.4 is 9.80 Å². The summed E-state index contributed by atoms with van der Waals surface area (Å²) in [6, 6.07) is 105. The normalized spacial score (nSPS) is 11.3. The first-order valence-electron chi connectivity index (χ1n) is 24.9. The fourth-order valence-corrected chi connectivity index (χ4v) is 10.4. The molecule has 0 bridgehead atoms. The Kier molecular flexibility index (Phi) is 11.2. The smallest absolute Gasteiger partial charge is 0.159 e. The van der Waals surface area contributed by atoms with Gasteiger partial charge in [0.25, 0.3) is 0 Å². The molecule has 0 saturated carbocycles. The fraction of sp³-hybridized carbons (Fsp3) is 0. The summed E-state index contributed by atoms with van der Waals surface area (Å²) in [5.74, 6) is 0. The maximum absolute atomic E-state index is 6.76. The maximum Gasteiger partial charge on any atom is 0.159 e. The highest BCUT2D eigenvalue weighted by Gasteiger charge is 2.23. The number of nitrogens with zero attached hydrogens (tertiary/aromatic N) is 2. The predicted octanol–water partition coefficient (Wildman–Crippen LogP) is 20.0. The molecule has 0 fully saturated rings. The number of hydrogen-bond acceptors (Lipinski definition) is 3. The summed E-state index contributed by atoms with van der Waals surface area (Å²) in [7, 11) is 0. The topological polar surface area (TPSA) is 19.6 Å². The third-order valence-corrected chi connectivity index (χ3v) is 14.0. The molecule has 0 amide bonds. The molecule has 12 aromatic carbocycles. The molecule has 1 heterocycles. The number of fused-ring (bicyclic) bond motifs is 4. The van der Waals surface area contributed by atoms with E-state index in [4.69, 9.17) is 4.42 Å². The lowest BCUT2D eigenvalue weighted by molar-refractivity contribution is 0.669. The number of para-hydroxylation sites is 3. The third kappa shape index (κ3) is 8.39. The minimum absolute atomic E-state index is 0.843. The summed E-state index contributed by atoms with van der Waals surface area (Å²) in [5, 5.41) is 4.63. The van der Waals surface area contributed by atoms with Crippen LogP contribution >= 0.6 is 0 Å². The van der Waals surface area contributed by atoms with Crippen LogP contribution in [0.25, 0.3) is 88.3 Å². The van der Waals surface area contributed by atoms with E-state index in [1.807, 2.05) is 6.07 Å². The molecule has 0 saturated heterocycles. The second-order valence-electron chi connectivity index (χ2n) is 18.5. The molecule has 0 unspecified atom stereocenters. The van der Waals surface area contributed by atoms with Gasteiger partial charge in [-0.1, -0.05) is 218 Å². The lowest BCUT2D eigenvalue weighted by atomic mass is 9.99. The van der Waals surface area contributed by atoms with Gasteiger partial charge in [-0.05, 0) is 134 Å². The zero-order chi connectivity index (χ0) is 48.5. The van der Waals surface area contributed by atoms with Crippen LogP contribution in [-0.2, 0) is 0 Å². The van der Waals surface area contributed by atoms with Gasteiger partial charge in [0.15, 0.2) is 5.58 Å². The molecule has 13 rings (SSSR count). The summed E-state index contributed by atoms with van der Waals surface area (Å²) < 4.78 is 6.76. The van der Waals surface area contributed by atoms with E-state index >= 15 is 0 Å². The highest BCUT2D eigenvalue weighted by Crippen LogP contribution is 2.47. The molecular formula is C70H48N2O. The Hall–Kier alpha value is -9.70. The van der Waals surface area contributed by atoms with E-state index in [2.05, 4.69) is 295 Å². The molecule has 0 N–H and O–H groups in total. The second-order valence-corrected chi connectivity index (χ2v) is 18.5. The molecule has 73 heavy (non-hydrogen) atoms. The van der Waals surface area contributed by atoms with Crippen molar-refractivity contribution in [2.45, 2.75) is 0 Å².